The zero-order valence-electron chi connectivity index (χ0n) is 16.0. The molecule has 1 aromatic heterocycles. The van der Waals surface area contributed by atoms with E-state index in [1.54, 1.807) is 24.3 Å². The maximum absolute atomic E-state index is 12.6. The molecule has 6 nitrogen and oxygen atoms in total. The van der Waals surface area contributed by atoms with E-state index < -0.39 is 12.1 Å². The number of benzene rings is 2. The van der Waals surface area contributed by atoms with Crippen molar-refractivity contribution in [2.45, 2.75) is 38.3 Å². The smallest absolute Gasteiger partial charge is 0.375 e. The van der Waals surface area contributed by atoms with Gasteiger partial charge in [0.2, 0.25) is 5.76 Å². The van der Waals surface area contributed by atoms with Crippen molar-refractivity contribution in [3.63, 3.8) is 0 Å². The lowest BCUT2D eigenvalue weighted by Crippen LogP contribution is -2.39. The first-order valence-electron chi connectivity index (χ1n) is 9.65. The molecule has 0 bridgehead atoms. The number of hydrogen-bond acceptors (Lipinski definition) is 5. The average Bonchev–Trinajstić information content (AvgIpc) is 2.74. The van der Waals surface area contributed by atoms with E-state index in [1.165, 1.54) is 12.5 Å². The topological polar surface area (TPSA) is 85.6 Å². The highest BCUT2D eigenvalue weighted by atomic mass is 16.6. The lowest BCUT2D eigenvalue weighted by atomic mass is 9.87. The molecule has 0 aliphatic heterocycles. The molecule has 2 aromatic carbocycles. The zero-order chi connectivity index (χ0) is 20.4. The fourth-order valence-electron chi connectivity index (χ4n) is 3.67. The summed E-state index contributed by atoms with van der Waals surface area (Å²) in [5.74, 6) is -1.46. The van der Waals surface area contributed by atoms with Gasteiger partial charge in [0, 0.05) is 6.07 Å². The number of esters is 1. The Balaban J connectivity index is 1.45. The molecule has 0 unspecified atom stereocenters. The highest BCUT2D eigenvalue weighted by Gasteiger charge is 2.26. The summed E-state index contributed by atoms with van der Waals surface area (Å²) in [7, 11) is 0. The lowest BCUT2D eigenvalue weighted by molar-refractivity contribution is -0.130. The van der Waals surface area contributed by atoms with Crippen LogP contribution < -0.4 is 10.7 Å². The Labute approximate surface area is 167 Å². The number of carbonyl (C=O) groups is 2. The molecule has 1 aliphatic rings. The Bertz CT molecular complexity index is 1130. The normalized spacial score (nSPS) is 16.7. The van der Waals surface area contributed by atoms with Crippen molar-refractivity contribution < 1.29 is 18.7 Å². The maximum atomic E-state index is 12.6. The van der Waals surface area contributed by atoms with E-state index in [2.05, 4.69) is 11.4 Å². The third kappa shape index (κ3) is 3.92. The molecule has 1 amide bonds. The number of fused-ring (bicyclic) bond motifs is 2. The Morgan fingerprint density at radius 2 is 1.90 bits per heavy atom. The molecule has 0 fully saturated rings. The Hall–Kier alpha value is -3.41. The van der Waals surface area contributed by atoms with Crippen LogP contribution in [-0.4, -0.2) is 18.0 Å². The monoisotopic (exact) mass is 391 g/mol. The van der Waals surface area contributed by atoms with Crippen LogP contribution in [0.3, 0.4) is 0 Å². The van der Waals surface area contributed by atoms with Crippen LogP contribution in [-0.2, 0) is 16.0 Å². The van der Waals surface area contributed by atoms with E-state index in [1.807, 2.05) is 18.2 Å². The molecule has 0 spiro atoms. The maximum Gasteiger partial charge on any atom is 0.375 e. The minimum absolute atomic E-state index is 0.104. The lowest BCUT2D eigenvalue weighted by Gasteiger charge is -2.27. The molecule has 148 valence electrons. The third-order valence-corrected chi connectivity index (χ3v) is 5.17. The van der Waals surface area contributed by atoms with Crippen LogP contribution in [0.25, 0.3) is 11.0 Å². The zero-order valence-corrected chi connectivity index (χ0v) is 16.0. The SMILES string of the molecule is C[C@H](OC(=O)c1cc(=O)c2ccccc2o1)C(=O)N[C@@H]1CCCc2ccccc21. The van der Waals surface area contributed by atoms with E-state index in [-0.39, 0.29) is 23.1 Å². The van der Waals surface area contributed by atoms with Crippen LogP contribution in [0.5, 0.6) is 0 Å². The van der Waals surface area contributed by atoms with Gasteiger partial charge in [-0.15, -0.1) is 0 Å². The van der Waals surface area contributed by atoms with Crippen LogP contribution >= 0.6 is 0 Å². The van der Waals surface area contributed by atoms with Gasteiger partial charge in [0.1, 0.15) is 5.58 Å². The molecule has 0 saturated carbocycles. The molecular formula is C23H21NO5. The predicted molar refractivity (Wildman–Crippen MR) is 108 cm³/mol. The van der Waals surface area contributed by atoms with E-state index in [4.69, 9.17) is 9.15 Å². The molecule has 1 N–H and O–H groups in total. The summed E-state index contributed by atoms with van der Waals surface area (Å²) in [6, 6.07) is 15.7. The Morgan fingerprint density at radius 1 is 1.14 bits per heavy atom. The molecule has 1 heterocycles. The predicted octanol–water partition coefficient (Wildman–Crippen LogP) is 3.53. The van der Waals surface area contributed by atoms with Crippen molar-refractivity contribution >= 4 is 22.8 Å². The largest absolute Gasteiger partial charge is 0.449 e. The summed E-state index contributed by atoms with van der Waals surface area (Å²) < 4.78 is 10.7. The molecule has 0 radical (unpaired) electrons. The van der Waals surface area contributed by atoms with Gasteiger partial charge in [-0.3, -0.25) is 9.59 Å². The number of ether oxygens (including phenoxy) is 1. The number of rotatable bonds is 4. The fraction of sp³-hybridized carbons (Fsp3) is 0.261. The minimum atomic E-state index is -1.02. The van der Waals surface area contributed by atoms with Gasteiger partial charge in [-0.05, 0) is 49.4 Å². The van der Waals surface area contributed by atoms with E-state index in [9.17, 15) is 14.4 Å². The van der Waals surface area contributed by atoms with Gasteiger partial charge in [-0.1, -0.05) is 36.4 Å². The molecular weight excluding hydrogens is 370 g/mol. The Morgan fingerprint density at radius 3 is 2.76 bits per heavy atom. The first kappa shape index (κ1) is 18.9. The summed E-state index contributed by atoms with van der Waals surface area (Å²) in [5, 5.41) is 3.34. The van der Waals surface area contributed by atoms with Crippen molar-refractivity contribution in [1.29, 1.82) is 0 Å². The summed E-state index contributed by atoms with van der Waals surface area (Å²) in [5.41, 5.74) is 2.29. The van der Waals surface area contributed by atoms with Crippen LogP contribution in [0.2, 0.25) is 0 Å². The second-order valence-electron chi connectivity index (χ2n) is 7.17. The minimum Gasteiger partial charge on any atom is -0.449 e. The van der Waals surface area contributed by atoms with E-state index in [0.717, 1.165) is 30.9 Å². The Kier molecular flexibility index (Phi) is 5.16. The van der Waals surface area contributed by atoms with Crippen molar-refractivity contribution in [3.8, 4) is 0 Å². The molecule has 4 rings (SSSR count). The average molecular weight is 391 g/mol. The van der Waals surface area contributed by atoms with Crippen molar-refractivity contribution in [2.75, 3.05) is 0 Å². The highest BCUT2D eigenvalue weighted by molar-refractivity contribution is 5.91. The molecule has 6 heteroatoms. The van der Waals surface area contributed by atoms with Crippen molar-refractivity contribution in [2.24, 2.45) is 0 Å². The second-order valence-corrected chi connectivity index (χ2v) is 7.17. The number of hydrogen-bond donors (Lipinski definition) is 1. The number of amides is 1. The first-order chi connectivity index (χ1) is 14.0. The first-order valence-corrected chi connectivity index (χ1v) is 9.65. The summed E-state index contributed by atoms with van der Waals surface area (Å²) in [6.45, 7) is 1.50. The van der Waals surface area contributed by atoms with Crippen molar-refractivity contribution in [3.05, 3.63) is 81.7 Å². The van der Waals surface area contributed by atoms with Gasteiger partial charge >= 0.3 is 5.97 Å². The third-order valence-electron chi connectivity index (χ3n) is 5.17. The molecule has 3 aromatic rings. The highest BCUT2D eigenvalue weighted by Crippen LogP contribution is 2.29. The standard InChI is InChI=1S/C23H21NO5/c1-14(22(26)24-18-11-6-8-15-7-2-3-9-16(15)18)28-23(27)21-13-19(25)17-10-4-5-12-20(17)29-21/h2-5,7,9-10,12-14,18H,6,8,11H2,1H3,(H,24,26)/t14-,18+/m0/s1. The van der Waals surface area contributed by atoms with Crippen LogP contribution in [0, 0.1) is 0 Å². The van der Waals surface area contributed by atoms with Crippen LogP contribution in [0.1, 0.15) is 47.5 Å². The summed E-state index contributed by atoms with van der Waals surface area (Å²) in [6.07, 6.45) is 1.79. The number of carbonyl (C=O) groups excluding carboxylic acids is 2. The molecule has 1 aliphatic carbocycles. The van der Waals surface area contributed by atoms with Crippen LogP contribution in [0.4, 0.5) is 0 Å². The van der Waals surface area contributed by atoms with Crippen LogP contribution in [0.15, 0.2) is 63.8 Å². The van der Waals surface area contributed by atoms with E-state index in [0.29, 0.717) is 11.0 Å². The molecule has 0 saturated heterocycles. The van der Waals surface area contributed by atoms with Gasteiger partial charge < -0.3 is 14.5 Å². The van der Waals surface area contributed by atoms with Gasteiger partial charge in [0.05, 0.1) is 11.4 Å². The number of aryl methyl sites for hydroxylation is 1. The van der Waals surface area contributed by atoms with Gasteiger partial charge in [-0.25, -0.2) is 4.79 Å². The quantitative estimate of drug-likeness (QED) is 0.688. The van der Waals surface area contributed by atoms with Gasteiger partial charge in [0.15, 0.2) is 11.5 Å². The number of nitrogens with one attached hydrogen (secondary N) is 1. The van der Waals surface area contributed by atoms with Gasteiger partial charge in [-0.2, -0.15) is 0 Å². The number of para-hydroxylation sites is 1. The molecule has 2 atom stereocenters. The van der Waals surface area contributed by atoms with Gasteiger partial charge in [0.25, 0.3) is 5.91 Å². The van der Waals surface area contributed by atoms with E-state index >= 15 is 0 Å². The molecule has 29 heavy (non-hydrogen) atoms. The summed E-state index contributed by atoms with van der Waals surface area (Å²) >= 11 is 0. The van der Waals surface area contributed by atoms with Crippen molar-refractivity contribution in [1.82, 2.24) is 5.32 Å². The fourth-order valence-corrected chi connectivity index (χ4v) is 3.67. The second kappa shape index (κ2) is 7.91. The summed E-state index contributed by atoms with van der Waals surface area (Å²) in [4.78, 5) is 37.2.